The van der Waals surface area contributed by atoms with Crippen molar-refractivity contribution in [2.75, 3.05) is 39.6 Å². The largest absolute Gasteiger partial charge is 0.496 e. The van der Waals surface area contributed by atoms with Crippen LogP contribution >= 0.6 is 11.3 Å². The minimum atomic E-state index is -4.54. The van der Waals surface area contributed by atoms with Crippen LogP contribution in [0.5, 0.6) is 11.5 Å². The number of hydrogen-bond donors (Lipinski definition) is 3. The molecule has 1 saturated heterocycles. The highest BCUT2D eigenvalue weighted by atomic mass is 32.2. The summed E-state index contributed by atoms with van der Waals surface area (Å²) in [5.41, 5.74) is 0.527. The van der Waals surface area contributed by atoms with Gasteiger partial charge in [-0.2, -0.15) is 25.9 Å². The van der Waals surface area contributed by atoms with Crippen LogP contribution in [-0.2, 0) is 26.0 Å². The third-order valence-electron chi connectivity index (χ3n) is 11.7. The monoisotopic (exact) mass is 887 g/mol. The van der Waals surface area contributed by atoms with Crippen LogP contribution in [-0.4, -0.2) is 97.4 Å². The van der Waals surface area contributed by atoms with Gasteiger partial charge in [0.05, 0.1) is 29.9 Å². The fourth-order valence-electron chi connectivity index (χ4n) is 7.75. The van der Waals surface area contributed by atoms with Crippen molar-refractivity contribution in [1.29, 1.82) is 0 Å². The van der Waals surface area contributed by atoms with E-state index in [0.717, 1.165) is 33.1 Å². The van der Waals surface area contributed by atoms with E-state index < -0.39 is 62.9 Å². The summed E-state index contributed by atoms with van der Waals surface area (Å²) in [7, 11) is 0.0393. The highest BCUT2D eigenvalue weighted by Crippen LogP contribution is 2.47. The summed E-state index contributed by atoms with van der Waals surface area (Å²) in [5, 5.41) is 9.72. The van der Waals surface area contributed by atoms with Crippen molar-refractivity contribution in [3.63, 3.8) is 0 Å². The lowest BCUT2D eigenvalue weighted by molar-refractivity contribution is -0.137. The summed E-state index contributed by atoms with van der Waals surface area (Å²) in [6.07, 6.45) is -4.17. The maximum absolute atomic E-state index is 14.6. The number of rotatable bonds is 15. The molecule has 1 saturated carbocycles. The SMILES string of the molecule is CCC1CC1(NC(=O)C1CC(Oc2cc(-c3nc(C(C)C)cs3)nc3c(C)c(OC)ccc23)CN1CC(Nc1cccc(C(F)(F)F)c1)C(C)(C)C)C(=O)NS(=O)(=O)N(C)C. The van der Waals surface area contributed by atoms with E-state index in [-0.39, 0.29) is 43.5 Å². The first kappa shape index (κ1) is 46.0. The summed E-state index contributed by atoms with van der Waals surface area (Å²) < 4.78 is 82.2. The Morgan fingerprint density at radius 2 is 1.80 bits per heavy atom. The van der Waals surface area contributed by atoms with Crippen LogP contribution in [0.3, 0.4) is 0 Å². The molecule has 1 aliphatic carbocycles. The quantitative estimate of drug-likeness (QED) is 0.110. The molecular weight excluding hydrogens is 832 g/mol. The normalized spacial score (nSPS) is 21.5. The van der Waals surface area contributed by atoms with Crippen LogP contribution in [0.25, 0.3) is 21.6 Å². The van der Waals surface area contributed by atoms with Crippen LogP contribution in [0.15, 0.2) is 47.8 Å². The van der Waals surface area contributed by atoms with Crippen molar-refractivity contribution >= 4 is 50.0 Å². The van der Waals surface area contributed by atoms with E-state index in [9.17, 15) is 31.2 Å². The Bertz CT molecular complexity index is 2380. The summed E-state index contributed by atoms with van der Waals surface area (Å²) in [6, 6.07) is 9.24. The number of aryl methyl sites for hydroxylation is 1. The predicted molar refractivity (Wildman–Crippen MR) is 231 cm³/mol. The molecule has 2 aromatic carbocycles. The fourth-order valence-corrected chi connectivity index (χ4v) is 9.29. The number of nitrogens with zero attached hydrogens (tertiary/aromatic N) is 4. The number of aromatic nitrogens is 2. The van der Waals surface area contributed by atoms with Gasteiger partial charge < -0.3 is 20.1 Å². The van der Waals surface area contributed by atoms with Gasteiger partial charge in [-0.05, 0) is 60.9 Å². The average Bonchev–Trinajstić information content (AvgIpc) is 3.45. The second-order valence-corrected chi connectivity index (χ2v) is 20.3. The second-order valence-electron chi connectivity index (χ2n) is 17.6. The lowest BCUT2D eigenvalue weighted by atomic mass is 9.86. The Hall–Kier alpha value is -4.52. The van der Waals surface area contributed by atoms with Crippen LogP contribution in [0.1, 0.15) is 83.5 Å². The maximum atomic E-state index is 14.6. The van der Waals surface area contributed by atoms with Crippen LogP contribution in [0, 0.1) is 18.3 Å². The predicted octanol–water partition coefficient (Wildman–Crippen LogP) is 7.37. The molecule has 0 bridgehead atoms. The number of ether oxygens (including phenoxy) is 2. The minimum absolute atomic E-state index is 0.180. The molecule has 3 N–H and O–H groups in total. The Kier molecular flexibility index (Phi) is 13.1. The van der Waals surface area contributed by atoms with Crippen molar-refractivity contribution < 1.29 is 40.7 Å². The number of pyridine rings is 1. The standard InChI is InChI=1S/C43H56F3N7O6S2/c1-11-26-20-42(26,40(55)51-61(56,57)52(8)9)50-38(54)33-18-29(21-53(33)22-36(41(5,6)7)47-28-14-12-13-27(17-28)43(44,45)46)59-35-19-31(39-49-32(23-60-39)24(2)3)48-37-25(4)34(58-10)16-15-30(35)37/h12-17,19,23-24,26,29,33,36,47H,11,18,20-22H2,1-10H3,(H,50,54)(H,51,55). The van der Waals surface area contributed by atoms with Crippen LogP contribution in [0.2, 0.25) is 0 Å². The molecule has 2 amide bonds. The third kappa shape index (κ3) is 9.92. The number of anilines is 1. The summed E-state index contributed by atoms with van der Waals surface area (Å²) in [4.78, 5) is 40.1. The maximum Gasteiger partial charge on any atom is 0.416 e. The number of fused-ring (bicyclic) bond motifs is 1. The number of hydrogen-bond acceptors (Lipinski definition) is 11. The Balaban J connectivity index is 1.37. The smallest absolute Gasteiger partial charge is 0.416 e. The molecule has 3 heterocycles. The number of likely N-dealkylation sites (tertiary alicyclic amines) is 1. The Morgan fingerprint density at radius 1 is 1.08 bits per heavy atom. The Morgan fingerprint density at radius 3 is 2.39 bits per heavy atom. The molecular formula is C43H56F3N7O6S2. The highest BCUT2D eigenvalue weighted by molar-refractivity contribution is 7.87. The van der Waals surface area contributed by atoms with E-state index in [2.05, 4.69) is 29.2 Å². The fraction of sp³-hybridized carbons (Fsp3) is 0.535. The first-order valence-electron chi connectivity index (χ1n) is 20.3. The average molecular weight is 888 g/mol. The van der Waals surface area contributed by atoms with Crippen LogP contribution in [0.4, 0.5) is 18.9 Å². The first-order chi connectivity index (χ1) is 28.5. The van der Waals surface area contributed by atoms with Gasteiger partial charge in [0.1, 0.15) is 33.8 Å². The van der Waals surface area contributed by atoms with Gasteiger partial charge in [-0.25, -0.2) is 14.7 Å². The molecule has 6 rings (SSSR count). The molecule has 5 unspecified atom stereocenters. The van der Waals surface area contributed by atoms with Gasteiger partial charge in [0, 0.05) is 67.7 Å². The number of halogens is 3. The number of nitrogens with one attached hydrogen (secondary N) is 3. The minimum Gasteiger partial charge on any atom is -0.496 e. The summed E-state index contributed by atoms with van der Waals surface area (Å²) in [5.74, 6) is -0.230. The van der Waals surface area contributed by atoms with E-state index in [1.54, 1.807) is 13.2 Å². The third-order valence-corrected chi connectivity index (χ3v) is 14.0. The zero-order valence-electron chi connectivity index (χ0n) is 36.2. The summed E-state index contributed by atoms with van der Waals surface area (Å²) in [6.45, 7) is 14.3. The van der Waals surface area contributed by atoms with Gasteiger partial charge in [0.2, 0.25) is 5.91 Å². The zero-order chi connectivity index (χ0) is 44.8. The van der Waals surface area contributed by atoms with E-state index in [0.29, 0.717) is 34.1 Å². The van der Waals surface area contributed by atoms with Crippen LogP contribution < -0.4 is 24.8 Å². The lowest BCUT2D eigenvalue weighted by Crippen LogP contribution is -2.57. The molecule has 2 aromatic heterocycles. The number of alkyl halides is 3. The van der Waals surface area contributed by atoms with E-state index in [1.807, 2.05) is 63.1 Å². The van der Waals surface area contributed by atoms with Gasteiger partial charge in [-0.15, -0.1) is 11.3 Å². The molecule has 4 aromatic rings. The van der Waals surface area contributed by atoms with Crippen molar-refractivity contribution in [1.82, 2.24) is 29.2 Å². The molecule has 0 radical (unpaired) electrons. The second kappa shape index (κ2) is 17.3. The number of methoxy groups -OCH3 is 1. The molecule has 5 atom stereocenters. The lowest BCUT2D eigenvalue weighted by Gasteiger charge is -2.37. The summed E-state index contributed by atoms with van der Waals surface area (Å²) >= 11 is 1.48. The molecule has 332 valence electrons. The number of carbonyl (C=O) groups is 2. The van der Waals surface area contributed by atoms with Crippen molar-refractivity contribution in [2.24, 2.45) is 11.3 Å². The molecule has 1 aliphatic heterocycles. The number of benzene rings is 2. The number of amides is 2. The van der Waals surface area contributed by atoms with Gasteiger partial charge in [-0.3, -0.25) is 14.5 Å². The van der Waals surface area contributed by atoms with Gasteiger partial charge in [0.25, 0.3) is 5.91 Å². The van der Waals surface area contributed by atoms with E-state index in [4.69, 9.17) is 19.4 Å². The van der Waals surface area contributed by atoms with Crippen molar-refractivity contribution in [3.05, 3.63) is 64.7 Å². The molecule has 2 fully saturated rings. The number of thiazole rings is 1. The van der Waals surface area contributed by atoms with Crippen molar-refractivity contribution in [2.45, 2.75) is 104 Å². The molecule has 13 nitrogen and oxygen atoms in total. The van der Waals surface area contributed by atoms with Gasteiger partial charge in [-0.1, -0.05) is 54.0 Å². The molecule has 0 spiro atoms. The highest BCUT2D eigenvalue weighted by Gasteiger charge is 2.61. The van der Waals surface area contributed by atoms with E-state index >= 15 is 0 Å². The van der Waals surface area contributed by atoms with Gasteiger partial charge >= 0.3 is 16.4 Å². The topological polar surface area (TPSA) is 155 Å². The first-order valence-corrected chi connectivity index (χ1v) is 22.6. The Labute approximate surface area is 360 Å². The van der Waals surface area contributed by atoms with Gasteiger partial charge in [0.15, 0.2) is 0 Å². The van der Waals surface area contributed by atoms with Crippen molar-refractivity contribution in [3.8, 4) is 22.2 Å². The number of carbonyl (C=O) groups excluding carboxylic acids is 2. The van der Waals surface area contributed by atoms with E-state index in [1.165, 1.54) is 31.5 Å². The molecule has 18 heteroatoms. The molecule has 61 heavy (non-hydrogen) atoms. The zero-order valence-corrected chi connectivity index (χ0v) is 37.9. The molecule has 2 aliphatic rings.